The Hall–Kier alpha value is -1.26. The topological polar surface area (TPSA) is 32.8 Å². The Kier molecular flexibility index (Phi) is 6.03. The van der Waals surface area contributed by atoms with Gasteiger partial charge in [-0.2, -0.15) is 0 Å². The Bertz CT molecular complexity index is 709. The van der Waals surface area contributed by atoms with Gasteiger partial charge in [-0.1, -0.05) is 11.6 Å². The van der Waals surface area contributed by atoms with Gasteiger partial charge in [-0.3, -0.25) is 4.79 Å². The molecule has 3 rings (SSSR count). The molecule has 2 saturated carbocycles. The number of amides is 1. The Morgan fingerprint density at radius 3 is 1.93 bits per heavy atom. The van der Waals surface area contributed by atoms with E-state index >= 15 is 0 Å². The van der Waals surface area contributed by atoms with Crippen molar-refractivity contribution in [2.75, 3.05) is 21.1 Å². The van der Waals surface area contributed by atoms with E-state index < -0.39 is 5.60 Å². The second-order valence-electron chi connectivity index (χ2n) is 9.63. The lowest BCUT2D eigenvalue weighted by Gasteiger charge is -2.34. The van der Waals surface area contributed by atoms with E-state index in [0.717, 1.165) is 40.8 Å². The smallest absolute Gasteiger partial charge is 0.266 e. The largest absolute Gasteiger partial charge is 0.478 e. The third kappa shape index (κ3) is 4.18. The van der Waals surface area contributed by atoms with Crippen LogP contribution in [0.5, 0.6) is 5.75 Å². The summed E-state index contributed by atoms with van der Waals surface area (Å²) in [5.41, 5.74) is 1.02. The number of halogens is 1. The maximum absolute atomic E-state index is 13.3. The molecule has 2 unspecified atom stereocenters. The van der Waals surface area contributed by atoms with Crippen LogP contribution in [0.1, 0.15) is 50.7 Å². The van der Waals surface area contributed by atoms with E-state index in [1.54, 1.807) is 0 Å². The Balaban J connectivity index is 1.65. The quantitative estimate of drug-likeness (QED) is 0.711. The second kappa shape index (κ2) is 7.87. The first kappa shape index (κ1) is 21.4. The van der Waals surface area contributed by atoms with Crippen LogP contribution in [0.15, 0.2) is 12.1 Å². The van der Waals surface area contributed by atoms with Crippen molar-refractivity contribution in [2.45, 2.75) is 71.1 Å². The van der Waals surface area contributed by atoms with E-state index in [-0.39, 0.29) is 5.91 Å². The summed E-state index contributed by atoms with van der Waals surface area (Å²) < 4.78 is 6.15. The molecule has 1 amide bonds. The molecule has 0 spiro atoms. The highest BCUT2D eigenvalue weighted by atomic mass is 35.5. The third-order valence-corrected chi connectivity index (χ3v) is 7.46. The first-order valence-corrected chi connectivity index (χ1v) is 10.8. The molecule has 0 bridgehead atoms. The molecule has 0 N–H and O–H groups in total. The van der Waals surface area contributed by atoms with Gasteiger partial charge in [-0.15, -0.1) is 0 Å². The molecule has 1 aromatic carbocycles. The first-order valence-electron chi connectivity index (χ1n) is 10.4. The fourth-order valence-corrected chi connectivity index (χ4v) is 5.29. The van der Waals surface area contributed by atoms with Gasteiger partial charge < -0.3 is 14.5 Å². The lowest BCUT2D eigenvalue weighted by atomic mass is 10.0. The molecule has 2 aliphatic carbocycles. The number of hydrogen-bond acceptors (Lipinski definition) is 3. The number of fused-ring (bicyclic) bond motifs is 1. The van der Waals surface area contributed by atoms with Crippen molar-refractivity contribution in [2.24, 2.45) is 11.8 Å². The summed E-state index contributed by atoms with van der Waals surface area (Å²) in [6.45, 7) is 7.65. The van der Waals surface area contributed by atoms with Crippen LogP contribution in [0.4, 0.5) is 0 Å². The van der Waals surface area contributed by atoms with Crippen LogP contribution < -0.4 is 4.74 Å². The van der Waals surface area contributed by atoms with Gasteiger partial charge in [-0.25, -0.2) is 0 Å². The predicted octanol–water partition coefficient (Wildman–Crippen LogP) is 4.69. The van der Waals surface area contributed by atoms with E-state index in [9.17, 15) is 4.79 Å². The maximum atomic E-state index is 13.3. The first-order chi connectivity index (χ1) is 13.0. The summed E-state index contributed by atoms with van der Waals surface area (Å²) >= 11 is 6.26. The number of carbonyl (C=O) groups is 1. The number of nitrogens with zero attached hydrogens (tertiary/aromatic N) is 2. The van der Waals surface area contributed by atoms with E-state index in [1.807, 2.05) is 51.8 Å². The summed E-state index contributed by atoms with van der Waals surface area (Å²) in [7, 11) is 6.30. The molecular formula is C23H35ClN2O2. The van der Waals surface area contributed by atoms with E-state index in [0.29, 0.717) is 17.8 Å². The molecule has 156 valence electrons. The maximum Gasteiger partial charge on any atom is 0.266 e. The molecule has 2 aliphatic rings. The molecule has 2 fully saturated rings. The van der Waals surface area contributed by atoms with Crippen molar-refractivity contribution < 1.29 is 9.53 Å². The van der Waals surface area contributed by atoms with Gasteiger partial charge in [0, 0.05) is 24.2 Å². The zero-order valence-electron chi connectivity index (χ0n) is 18.4. The summed E-state index contributed by atoms with van der Waals surface area (Å²) in [4.78, 5) is 17.6. The zero-order chi connectivity index (χ0) is 20.8. The predicted molar refractivity (Wildman–Crippen MR) is 115 cm³/mol. The molecule has 1 aromatic rings. The second-order valence-corrected chi connectivity index (χ2v) is 10.0. The normalized spacial score (nSPS) is 27.2. The summed E-state index contributed by atoms with van der Waals surface area (Å²) in [5, 5.41) is 0.752. The molecule has 0 aromatic heterocycles. The molecule has 5 heteroatoms. The van der Waals surface area contributed by atoms with Crippen LogP contribution in [0.3, 0.4) is 0 Å². The van der Waals surface area contributed by atoms with Crippen molar-refractivity contribution in [3.63, 3.8) is 0 Å². The average molecular weight is 407 g/mol. The van der Waals surface area contributed by atoms with E-state index in [2.05, 4.69) is 19.0 Å². The fraction of sp³-hybridized carbons (Fsp3) is 0.696. The van der Waals surface area contributed by atoms with Crippen molar-refractivity contribution in [1.29, 1.82) is 0 Å². The molecule has 0 heterocycles. The lowest BCUT2D eigenvalue weighted by molar-refractivity contribution is -0.146. The number of likely N-dealkylation sites (N-methyl/N-ethyl adjacent to an activating group) is 1. The monoisotopic (exact) mass is 406 g/mol. The van der Waals surface area contributed by atoms with Crippen LogP contribution in [0.25, 0.3) is 0 Å². The summed E-state index contributed by atoms with van der Waals surface area (Å²) in [6, 6.07) is 4.84. The number of benzene rings is 1. The molecule has 0 saturated heterocycles. The van der Waals surface area contributed by atoms with Gasteiger partial charge in [0.15, 0.2) is 5.60 Å². The molecular weight excluding hydrogens is 372 g/mol. The van der Waals surface area contributed by atoms with Gasteiger partial charge in [-0.05, 0) is 103 Å². The number of hydrogen-bond donors (Lipinski definition) is 0. The minimum Gasteiger partial charge on any atom is -0.478 e. The molecule has 4 nitrogen and oxygen atoms in total. The highest BCUT2D eigenvalue weighted by molar-refractivity contribution is 6.32. The lowest BCUT2D eigenvalue weighted by Crippen LogP contribution is -2.50. The standard InChI is InChI=1S/C23H35ClN2O2/c1-14-8-20(9-15(2)21(14)24)28-23(3,4)22(27)26(7)19-12-16-10-18(25(5)6)11-17(16)13-19/h8-9,16-19H,10-13H2,1-7H3/t16-,17+,18?,19?. The van der Waals surface area contributed by atoms with Crippen molar-refractivity contribution in [1.82, 2.24) is 9.80 Å². The number of rotatable bonds is 5. The number of ether oxygens (including phenoxy) is 1. The summed E-state index contributed by atoms with van der Waals surface area (Å²) in [6.07, 6.45) is 4.76. The van der Waals surface area contributed by atoms with Crippen molar-refractivity contribution in [3.8, 4) is 5.75 Å². The number of carbonyl (C=O) groups excluding carboxylic acids is 1. The van der Waals surface area contributed by atoms with Crippen LogP contribution in [0, 0.1) is 25.7 Å². The third-order valence-electron chi connectivity index (χ3n) is 6.86. The van der Waals surface area contributed by atoms with Crippen LogP contribution >= 0.6 is 11.6 Å². The van der Waals surface area contributed by atoms with Gasteiger partial charge in [0.25, 0.3) is 5.91 Å². The minimum atomic E-state index is -0.911. The SMILES string of the molecule is Cc1cc(OC(C)(C)C(=O)N(C)C2C[C@H]3CC(N(C)C)C[C@H]3C2)cc(C)c1Cl. The van der Waals surface area contributed by atoms with Crippen molar-refractivity contribution >= 4 is 17.5 Å². The molecule has 4 atom stereocenters. The van der Waals surface area contributed by atoms with Gasteiger partial charge >= 0.3 is 0 Å². The Morgan fingerprint density at radius 1 is 1.00 bits per heavy atom. The van der Waals surface area contributed by atoms with E-state index in [1.165, 1.54) is 12.8 Å². The average Bonchev–Trinajstić information content (AvgIpc) is 3.17. The highest BCUT2D eigenvalue weighted by Crippen LogP contribution is 2.46. The van der Waals surface area contributed by atoms with Crippen LogP contribution in [-0.2, 0) is 4.79 Å². The van der Waals surface area contributed by atoms with Crippen LogP contribution in [0.2, 0.25) is 5.02 Å². The van der Waals surface area contributed by atoms with Gasteiger partial charge in [0.2, 0.25) is 0 Å². The Labute approximate surface area is 175 Å². The summed E-state index contributed by atoms with van der Waals surface area (Å²) in [5.74, 6) is 2.24. The molecule has 0 aliphatic heterocycles. The van der Waals surface area contributed by atoms with Gasteiger partial charge in [0.05, 0.1) is 0 Å². The minimum absolute atomic E-state index is 0.0480. The van der Waals surface area contributed by atoms with Crippen molar-refractivity contribution in [3.05, 3.63) is 28.3 Å². The number of aryl methyl sites for hydroxylation is 2. The molecule has 0 radical (unpaired) electrons. The van der Waals surface area contributed by atoms with Gasteiger partial charge in [0.1, 0.15) is 5.75 Å². The molecule has 28 heavy (non-hydrogen) atoms. The van der Waals surface area contributed by atoms with Crippen LogP contribution in [-0.4, -0.2) is 54.5 Å². The fourth-order valence-electron chi connectivity index (χ4n) is 5.18. The van der Waals surface area contributed by atoms with E-state index in [4.69, 9.17) is 16.3 Å². The highest BCUT2D eigenvalue weighted by Gasteiger charge is 2.46. The Morgan fingerprint density at radius 2 is 1.46 bits per heavy atom. The zero-order valence-corrected chi connectivity index (χ0v) is 19.1.